The summed E-state index contributed by atoms with van der Waals surface area (Å²) in [5.74, 6) is -6.52. The molecule has 3 aromatic carbocycles. The van der Waals surface area contributed by atoms with E-state index in [0.29, 0.717) is 27.6 Å². The van der Waals surface area contributed by atoms with E-state index in [2.05, 4.69) is 0 Å². The third kappa shape index (κ3) is 4.40. The Labute approximate surface area is 285 Å². The second kappa shape index (κ2) is 11.4. The average molecular weight is 677 g/mol. The molecule has 0 radical (unpaired) electrons. The van der Waals surface area contributed by atoms with Gasteiger partial charge in [0.2, 0.25) is 23.6 Å². The monoisotopic (exact) mass is 676 g/mol. The fraction of sp³-hybridized carbons (Fsp3) is 0.237. The summed E-state index contributed by atoms with van der Waals surface area (Å²) >= 11 is 6.34. The topological polar surface area (TPSA) is 145 Å². The van der Waals surface area contributed by atoms with E-state index in [-0.39, 0.29) is 36.5 Å². The number of fused-ring (bicyclic) bond motifs is 4. The van der Waals surface area contributed by atoms with Gasteiger partial charge in [-0.2, -0.15) is 0 Å². The third-order valence-electron chi connectivity index (χ3n) is 10.6. The molecule has 8 rings (SSSR count). The molecule has 6 atom stereocenters. The number of nitrogens with zero attached hydrogens (tertiary/aromatic N) is 2. The first-order valence-corrected chi connectivity index (χ1v) is 16.3. The van der Waals surface area contributed by atoms with E-state index in [1.54, 1.807) is 48.5 Å². The summed E-state index contributed by atoms with van der Waals surface area (Å²) in [4.78, 5) is 72.2. The number of anilines is 2. The van der Waals surface area contributed by atoms with Crippen molar-refractivity contribution < 1.29 is 38.6 Å². The number of allylic oxidation sites excluding steroid dienone is 2. The van der Waals surface area contributed by atoms with Crippen LogP contribution in [-0.4, -0.2) is 39.8 Å². The zero-order chi connectivity index (χ0) is 34.2. The van der Waals surface area contributed by atoms with Crippen molar-refractivity contribution in [2.24, 2.45) is 23.7 Å². The Kier molecular flexibility index (Phi) is 7.20. The number of aliphatic hydroxyl groups excluding tert-OH is 1. The molecule has 4 amide bonds. The van der Waals surface area contributed by atoms with Gasteiger partial charge in [0, 0.05) is 5.02 Å². The Morgan fingerprint density at radius 2 is 1.57 bits per heavy atom. The lowest BCUT2D eigenvalue weighted by Gasteiger charge is -2.49. The first kappa shape index (κ1) is 31.0. The Morgan fingerprint density at radius 1 is 0.837 bits per heavy atom. The van der Waals surface area contributed by atoms with Crippen LogP contribution in [0.3, 0.4) is 0 Å². The molecule has 4 aromatic rings. The number of carboxylic acids is 1. The van der Waals surface area contributed by atoms with Gasteiger partial charge in [0.05, 0.1) is 40.6 Å². The number of rotatable bonds is 6. The van der Waals surface area contributed by atoms with E-state index in [1.807, 2.05) is 24.3 Å². The number of amides is 4. The largest absolute Gasteiger partial charge is 0.478 e. The Hall–Kier alpha value is -5.32. The SMILES string of the molecule is O=C(O)c1cccc(N2C(=O)C3CC=C4C(CC5C(=O)N(c6cccc(Cl)c6)C(=O)C5(c5ccccc5)C4c4ccc(CO)o4)C3C2=O)c1. The number of carbonyl (C=O) groups excluding carboxylic acids is 4. The molecule has 4 aliphatic rings. The fourth-order valence-corrected chi connectivity index (χ4v) is 8.90. The van der Waals surface area contributed by atoms with Crippen LogP contribution in [0.2, 0.25) is 5.02 Å². The minimum absolute atomic E-state index is 0.0640. The number of hydrogen-bond acceptors (Lipinski definition) is 7. The maximum absolute atomic E-state index is 15.2. The van der Waals surface area contributed by atoms with E-state index in [4.69, 9.17) is 16.0 Å². The van der Waals surface area contributed by atoms with Crippen molar-refractivity contribution in [3.05, 3.63) is 130 Å². The van der Waals surface area contributed by atoms with Crippen LogP contribution in [-0.2, 0) is 31.2 Å². The van der Waals surface area contributed by atoms with Crippen LogP contribution in [0.25, 0.3) is 0 Å². The molecule has 2 aliphatic heterocycles. The summed E-state index contributed by atoms with van der Waals surface area (Å²) < 4.78 is 6.19. The van der Waals surface area contributed by atoms with E-state index in [9.17, 15) is 29.4 Å². The molecule has 1 aromatic heterocycles. The summed E-state index contributed by atoms with van der Waals surface area (Å²) in [5, 5.41) is 19.9. The number of carboxylic acid groups (broad SMARTS) is 1. The molecule has 2 aliphatic carbocycles. The van der Waals surface area contributed by atoms with Crippen molar-refractivity contribution in [2.45, 2.75) is 30.8 Å². The van der Waals surface area contributed by atoms with Gasteiger partial charge >= 0.3 is 5.97 Å². The maximum atomic E-state index is 15.2. The Morgan fingerprint density at radius 3 is 2.27 bits per heavy atom. The predicted molar refractivity (Wildman–Crippen MR) is 177 cm³/mol. The van der Waals surface area contributed by atoms with Gasteiger partial charge in [0.25, 0.3) is 0 Å². The first-order valence-electron chi connectivity index (χ1n) is 16.0. The van der Waals surface area contributed by atoms with Gasteiger partial charge < -0.3 is 14.6 Å². The summed E-state index contributed by atoms with van der Waals surface area (Å²) in [6.07, 6.45) is 2.19. The zero-order valence-corrected chi connectivity index (χ0v) is 26.6. The van der Waals surface area contributed by atoms with Crippen LogP contribution < -0.4 is 9.80 Å². The Bertz CT molecular complexity index is 2110. The highest BCUT2D eigenvalue weighted by Crippen LogP contribution is 2.64. The van der Waals surface area contributed by atoms with Crippen LogP contribution >= 0.6 is 11.6 Å². The van der Waals surface area contributed by atoms with Gasteiger partial charge in [-0.05, 0) is 72.9 Å². The third-order valence-corrected chi connectivity index (χ3v) is 10.9. The summed E-state index contributed by atoms with van der Waals surface area (Å²) in [5.41, 5.74) is 0.212. The van der Waals surface area contributed by atoms with Gasteiger partial charge in [-0.25, -0.2) is 9.69 Å². The molecule has 3 fully saturated rings. The summed E-state index contributed by atoms with van der Waals surface area (Å²) in [6, 6.07) is 24.6. The number of aromatic carboxylic acids is 1. The second-order valence-electron chi connectivity index (χ2n) is 12.9. The van der Waals surface area contributed by atoms with Crippen LogP contribution in [0.4, 0.5) is 11.4 Å². The normalized spacial score (nSPS) is 27.6. The number of furan rings is 1. The van der Waals surface area contributed by atoms with Crippen molar-refractivity contribution in [3.63, 3.8) is 0 Å². The molecule has 2 N–H and O–H groups in total. The minimum atomic E-state index is -1.50. The lowest BCUT2D eigenvalue weighted by atomic mass is 9.50. The molecule has 246 valence electrons. The van der Waals surface area contributed by atoms with Crippen LogP contribution in [0.1, 0.15) is 46.2 Å². The van der Waals surface area contributed by atoms with Crippen molar-refractivity contribution in [2.75, 3.05) is 9.80 Å². The summed E-state index contributed by atoms with van der Waals surface area (Å²) in [6.45, 7) is -0.388. The smallest absolute Gasteiger partial charge is 0.335 e. The number of aliphatic hydroxyl groups is 1. The lowest BCUT2D eigenvalue weighted by molar-refractivity contribution is -0.127. The number of hydrogen-bond donors (Lipinski definition) is 2. The summed E-state index contributed by atoms with van der Waals surface area (Å²) in [7, 11) is 0. The average Bonchev–Trinajstić information content (AvgIpc) is 3.75. The molecule has 6 unspecified atom stereocenters. The predicted octanol–water partition coefficient (Wildman–Crippen LogP) is 5.49. The van der Waals surface area contributed by atoms with E-state index in [1.165, 1.54) is 29.2 Å². The van der Waals surface area contributed by atoms with E-state index < -0.39 is 64.6 Å². The van der Waals surface area contributed by atoms with E-state index >= 15 is 4.79 Å². The highest BCUT2D eigenvalue weighted by atomic mass is 35.5. The van der Waals surface area contributed by atoms with Gasteiger partial charge in [0.1, 0.15) is 23.5 Å². The Balaban J connectivity index is 1.32. The van der Waals surface area contributed by atoms with Gasteiger partial charge in [-0.15, -0.1) is 0 Å². The molecule has 49 heavy (non-hydrogen) atoms. The molecule has 1 saturated carbocycles. The van der Waals surface area contributed by atoms with Crippen molar-refractivity contribution in [1.29, 1.82) is 0 Å². The molecular formula is C38H29ClN2O8. The molecule has 10 nitrogen and oxygen atoms in total. The van der Waals surface area contributed by atoms with E-state index in [0.717, 1.165) is 4.90 Å². The van der Waals surface area contributed by atoms with Crippen LogP contribution in [0.15, 0.2) is 107 Å². The number of carbonyl (C=O) groups is 5. The molecule has 2 saturated heterocycles. The fourth-order valence-electron chi connectivity index (χ4n) is 8.72. The molecule has 0 spiro atoms. The van der Waals surface area contributed by atoms with Crippen LogP contribution in [0.5, 0.6) is 0 Å². The second-order valence-corrected chi connectivity index (χ2v) is 13.4. The van der Waals surface area contributed by atoms with Gasteiger partial charge in [-0.1, -0.05) is 65.7 Å². The quantitative estimate of drug-likeness (QED) is 0.201. The van der Waals surface area contributed by atoms with Gasteiger partial charge in [0.15, 0.2) is 0 Å². The molecule has 3 heterocycles. The lowest BCUT2D eigenvalue weighted by Crippen LogP contribution is -2.53. The standard InChI is InChI=1S/C38H29ClN2O8/c39-22-9-5-11-24(17-22)41-34(44)29-18-28-26(13-14-27-31(28)35(45)40(33(27)43)23-10-4-6-20(16-23)36(46)47)32(30-15-12-25(19-42)49-30)38(29,37(41)48)21-7-2-1-3-8-21/h1-13,15-17,27-29,31-32,42H,14,18-19H2,(H,46,47). The molecule has 0 bridgehead atoms. The van der Waals surface area contributed by atoms with Crippen LogP contribution in [0, 0.1) is 23.7 Å². The van der Waals surface area contributed by atoms with Crippen molar-refractivity contribution in [3.8, 4) is 0 Å². The van der Waals surface area contributed by atoms with Crippen molar-refractivity contribution >= 4 is 52.6 Å². The highest BCUT2D eigenvalue weighted by molar-refractivity contribution is 6.32. The zero-order valence-electron chi connectivity index (χ0n) is 25.9. The number of imide groups is 2. The maximum Gasteiger partial charge on any atom is 0.335 e. The highest BCUT2D eigenvalue weighted by Gasteiger charge is 2.71. The van der Waals surface area contributed by atoms with Gasteiger partial charge in [-0.3, -0.25) is 24.1 Å². The number of benzene rings is 3. The molecular weight excluding hydrogens is 648 g/mol. The number of halogens is 1. The minimum Gasteiger partial charge on any atom is -0.478 e. The first-order chi connectivity index (χ1) is 23.7. The molecule has 11 heteroatoms. The van der Waals surface area contributed by atoms with Crippen molar-refractivity contribution in [1.82, 2.24) is 0 Å².